The number of allylic oxidation sites excluding steroid dienone is 3. The van der Waals surface area contributed by atoms with E-state index in [1.54, 1.807) is 0 Å². The number of hydrogen-bond donors (Lipinski definition) is 0. The maximum atomic E-state index is 4.31. The van der Waals surface area contributed by atoms with Gasteiger partial charge in [-0.25, -0.2) is 0 Å². The van der Waals surface area contributed by atoms with Gasteiger partial charge in [0.05, 0.1) is 11.0 Å². The highest BCUT2D eigenvalue weighted by molar-refractivity contribution is 6.10. The fourth-order valence-electron chi connectivity index (χ4n) is 8.43. The van der Waals surface area contributed by atoms with Crippen LogP contribution < -0.4 is 0 Å². The van der Waals surface area contributed by atoms with E-state index in [2.05, 4.69) is 170 Å². The first-order chi connectivity index (χ1) is 23.5. The highest BCUT2D eigenvalue weighted by Crippen LogP contribution is 2.49. The van der Waals surface area contributed by atoms with E-state index in [1.807, 2.05) is 6.08 Å². The van der Waals surface area contributed by atoms with Gasteiger partial charge in [-0.2, -0.15) is 0 Å². The normalized spacial score (nSPS) is 14.7. The Labute approximate surface area is 282 Å². The van der Waals surface area contributed by atoms with Crippen molar-refractivity contribution in [2.24, 2.45) is 0 Å². The van der Waals surface area contributed by atoms with E-state index in [4.69, 9.17) is 0 Å². The Morgan fingerprint density at radius 2 is 1.46 bits per heavy atom. The SMILES string of the molecule is C=C/C(=C\c1c2c(n(-c3ccc4c(c3)C(C)(C)c3ccccc3-4)c1C)CCC=C2)c1ccc2c(c1)c1ccccc1n2-c1ccccc1. The second-order valence-corrected chi connectivity index (χ2v) is 13.8. The summed E-state index contributed by atoms with van der Waals surface area (Å²) in [6.45, 7) is 11.3. The van der Waals surface area contributed by atoms with Gasteiger partial charge < -0.3 is 9.13 Å². The van der Waals surface area contributed by atoms with Gasteiger partial charge in [-0.1, -0.05) is 111 Å². The van der Waals surface area contributed by atoms with Crippen LogP contribution in [-0.2, 0) is 11.8 Å². The standard InChI is InChI=1S/C46H38N2/c1-5-31(32-23-26-45-40(28-32)38-19-11-14-22-44(38)48(45)33-15-7-6-8-16-33)27-39-30(2)47(43-21-13-10-18-37(39)43)34-24-25-36-35-17-9-12-20-41(35)46(3,4)42(36)29-34/h5-12,14-20,22-29H,1,13,21H2,2-4H3/b31-27+. The van der Waals surface area contributed by atoms with Gasteiger partial charge >= 0.3 is 0 Å². The number of rotatable bonds is 5. The van der Waals surface area contributed by atoms with Gasteiger partial charge in [-0.3, -0.25) is 0 Å². The quantitative estimate of drug-likeness (QED) is 0.170. The van der Waals surface area contributed by atoms with E-state index in [0.717, 1.165) is 18.4 Å². The lowest BCUT2D eigenvalue weighted by Gasteiger charge is -2.23. The Morgan fingerprint density at radius 1 is 0.708 bits per heavy atom. The van der Waals surface area contributed by atoms with Crippen LogP contribution >= 0.6 is 0 Å². The van der Waals surface area contributed by atoms with Crippen LogP contribution in [0.4, 0.5) is 0 Å². The molecule has 0 amide bonds. The second kappa shape index (κ2) is 10.7. The first-order valence-corrected chi connectivity index (χ1v) is 17.0. The predicted molar refractivity (Wildman–Crippen MR) is 204 cm³/mol. The minimum atomic E-state index is -0.0377. The van der Waals surface area contributed by atoms with E-state index < -0.39 is 0 Å². The fourth-order valence-corrected chi connectivity index (χ4v) is 8.43. The van der Waals surface area contributed by atoms with Crippen molar-refractivity contribution in [3.05, 3.63) is 173 Å². The molecule has 0 spiro atoms. The molecule has 0 fully saturated rings. The number of hydrogen-bond acceptors (Lipinski definition) is 0. The molecule has 0 unspecified atom stereocenters. The predicted octanol–water partition coefficient (Wildman–Crippen LogP) is 11.9. The third-order valence-electron chi connectivity index (χ3n) is 10.8. The first kappa shape index (κ1) is 28.6. The molecule has 0 radical (unpaired) electrons. The molecule has 48 heavy (non-hydrogen) atoms. The zero-order valence-corrected chi connectivity index (χ0v) is 27.8. The number of para-hydroxylation sites is 2. The third-order valence-corrected chi connectivity index (χ3v) is 10.8. The molecule has 2 aliphatic carbocycles. The molecule has 5 aromatic carbocycles. The van der Waals surface area contributed by atoms with Crippen molar-refractivity contribution >= 4 is 39.5 Å². The Bertz CT molecular complexity index is 2490. The highest BCUT2D eigenvalue weighted by atomic mass is 15.0. The van der Waals surface area contributed by atoms with Crippen molar-refractivity contribution in [1.82, 2.24) is 9.13 Å². The van der Waals surface area contributed by atoms with Crippen LogP contribution in [0.1, 0.15) is 59.5 Å². The summed E-state index contributed by atoms with van der Waals surface area (Å²) in [5.74, 6) is 0. The van der Waals surface area contributed by atoms with Crippen LogP contribution in [0.3, 0.4) is 0 Å². The van der Waals surface area contributed by atoms with Crippen LogP contribution in [0, 0.1) is 6.92 Å². The minimum absolute atomic E-state index is 0.0377. The van der Waals surface area contributed by atoms with Crippen LogP contribution in [0.5, 0.6) is 0 Å². The van der Waals surface area contributed by atoms with E-state index in [9.17, 15) is 0 Å². The number of fused-ring (bicyclic) bond motifs is 7. The monoisotopic (exact) mass is 618 g/mol. The fraction of sp³-hybridized carbons (Fsp3) is 0.130. The maximum Gasteiger partial charge on any atom is 0.0541 e. The third kappa shape index (κ3) is 4.12. The number of benzene rings is 5. The molecular weight excluding hydrogens is 581 g/mol. The van der Waals surface area contributed by atoms with Crippen LogP contribution in [0.15, 0.2) is 134 Å². The van der Waals surface area contributed by atoms with Crippen molar-refractivity contribution < 1.29 is 0 Å². The lowest BCUT2D eigenvalue weighted by molar-refractivity contribution is 0.659. The molecule has 0 aliphatic heterocycles. The Hall–Kier alpha value is -5.60. The van der Waals surface area contributed by atoms with Gasteiger partial charge in [0, 0.05) is 50.1 Å². The summed E-state index contributed by atoms with van der Waals surface area (Å²) in [7, 11) is 0. The zero-order valence-electron chi connectivity index (χ0n) is 27.8. The van der Waals surface area contributed by atoms with E-state index in [0.29, 0.717) is 0 Å². The van der Waals surface area contributed by atoms with E-state index >= 15 is 0 Å². The summed E-state index contributed by atoms with van der Waals surface area (Å²) in [6, 6.07) is 42.2. The average molecular weight is 619 g/mol. The Balaban J connectivity index is 1.19. The summed E-state index contributed by atoms with van der Waals surface area (Å²) in [5.41, 5.74) is 17.9. The highest BCUT2D eigenvalue weighted by Gasteiger charge is 2.35. The largest absolute Gasteiger partial charge is 0.317 e. The van der Waals surface area contributed by atoms with Crippen LogP contribution in [0.25, 0.3) is 62.0 Å². The van der Waals surface area contributed by atoms with Gasteiger partial charge in [0.15, 0.2) is 0 Å². The van der Waals surface area contributed by atoms with E-state index in [-0.39, 0.29) is 5.41 Å². The number of nitrogens with zero attached hydrogens (tertiary/aromatic N) is 2. The van der Waals surface area contributed by atoms with Crippen molar-refractivity contribution in [3.8, 4) is 22.5 Å². The van der Waals surface area contributed by atoms with Gasteiger partial charge in [0.25, 0.3) is 0 Å². The summed E-state index contributed by atoms with van der Waals surface area (Å²) in [4.78, 5) is 0. The lowest BCUT2D eigenvalue weighted by atomic mass is 9.82. The summed E-state index contributed by atoms with van der Waals surface area (Å²) in [6.07, 6.45) is 11.1. The van der Waals surface area contributed by atoms with E-state index in [1.165, 1.54) is 83.5 Å². The molecule has 2 heteroatoms. The molecule has 9 rings (SSSR count). The van der Waals surface area contributed by atoms with Crippen LogP contribution in [-0.4, -0.2) is 9.13 Å². The van der Waals surface area contributed by atoms with Crippen LogP contribution in [0.2, 0.25) is 0 Å². The maximum absolute atomic E-state index is 4.31. The lowest BCUT2D eigenvalue weighted by Crippen LogP contribution is -2.15. The number of aromatic nitrogens is 2. The Kier molecular flexibility index (Phi) is 6.39. The average Bonchev–Trinajstić information content (AvgIpc) is 3.69. The minimum Gasteiger partial charge on any atom is -0.317 e. The van der Waals surface area contributed by atoms with Crippen molar-refractivity contribution in [1.29, 1.82) is 0 Å². The molecule has 0 atom stereocenters. The topological polar surface area (TPSA) is 9.86 Å². The molecule has 0 N–H and O–H groups in total. The molecule has 232 valence electrons. The first-order valence-electron chi connectivity index (χ1n) is 17.0. The molecule has 2 aliphatic rings. The summed E-state index contributed by atoms with van der Waals surface area (Å²) in [5, 5.41) is 2.50. The van der Waals surface area contributed by atoms with Crippen molar-refractivity contribution in [2.75, 3.05) is 0 Å². The van der Waals surface area contributed by atoms with Crippen molar-refractivity contribution in [2.45, 2.75) is 39.0 Å². The van der Waals surface area contributed by atoms with Gasteiger partial charge in [-0.15, -0.1) is 0 Å². The van der Waals surface area contributed by atoms with Gasteiger partial charge in [-0.05, 0) is 102 Å². The molecule has 2 nitrogen and oxygen atoms in total. The smallest absolute Gasteiger partial charge is 0.0541 e. The zero-order chi connectivity index (χ0) is 32.6. The van der Waals surface area contributed by atoms with Gasteiger partial charge in [0.2, 0.25) is 0 Å². The molecule has 0 saturated carbocycles. The summed E-state index contributed by atoms with van der Waals surface area (Å²) < 4.78 is 4.88. The molecule has 7 aromatic rings. The molecule has 0 saturated heterocycles. The van der Waals surface area contributed by atoms with Gasteiger partial charge in [0.1, 0.15) is 0 Å². The Morgan fingerprint density at radius 3 is 2.31 bits per heavy atom. The molecule has 0 bridgehead atoms. The molecular formula is C46H38N2. The molecule has 2 heterocycles. The summed E-state index contributed by atoms with van der Waals surface area (Å²) >= 11 is 0. The molecule has 2 aromatic heterocycles. The second-order valence-electron chi connectivity index (χ2n) is 13.8. The van der Waals surface area contributed by atoms with Crippen molar-refractivity contribution in [3.63, 3.8) is 0 Å².